The van der Waals surface area contributed by atoms with Crippen LogP contribution in [0.4, 0.5) is 0 Å². The topological polar surface area (TPSA) is 74.9 Å². The summed E-state index contributed by atoms with van der Waals surface area (Å²) in [6, 6.07) is 0.481. The summed E-state index contributed by atoms with van der Waals surface area (Å²) in [4.78, 5) is 6.84. The van der Waals surface area contributed by atoms with Gasteiger partial charge in [0, 0.05) is 19.7 Å². The van der Waals surface area contributed by atoms with Gasteiger partial charge in [0.05, 0.1) is 13.2 Å². The number of nitrogens with zero attached hydrogens (tertiary/aromatic N) is 2. The standard InChI is InChI=1S/C11H23N5O/c1-17-7-4-13-11(15-12)14-10-8-16-5-2-9(10)3-6-16/h9-10H,2-8,12H2,1H3,(H2,13,14,15). The maximum Gasteiger partial charge on any atom is 0.206 e. The molecular weight excluding hydrogens is 218 g/mol. The molecule has 0 aromatic heterocycles. The molecular formula is C11H23N5O. The highest BCUT2D eigenvalue weighted by molar-refractivity contribution is 5.79. The molecule has 3 rings (SSSR count). The number of hydrazine groups is 1. The number of aliphatic imine (C=N–C) groups is 1. The molecule has 0 amide bonds. The molecule has 6 nitrogen and oxygen atoms in total. The van der Waals surface area contributed by atoms with Crippen LogP contribution in [0.5, 0.6) is 0 Å². The number of hydrogen-bond donors (Lipinski definition) is 3. The summed E-state index contributed by atoms with van der Waals surface area (Å²) >= 11 is 0. The Morgan fingerprint density at radius 1 is 1.47 bits per heavy atom. The third kappa shape index (κ3) is 3.31. The summed E-state index contributed by atoms with van der Waals surface area (Å²) in [5, 5.41) is 3.41. The van der Waals surface area contributed by atoms with Gasteiger partial charge in [-0.15, -0.1) is 0 Å². The van der Waals surface area contributed by atoms with Gasteiger partial charge in [-0.2, -0.15) is 0 Å². The van der Waals surface area contributed by atoms with Crippen LogP contribution in [0.2, 0.25) is 0 Å². The molecule has 0 aromatic carbocycles. The van der Waals surface area contributed by atoms with Gasteiger partial charge in [0.15, 0.2) is 0 Å². The highest BCUT2D eigenvalue weighted by Gasteiger charge is 2.34. The van der Waals surface area contributed by atoms with Crippen LogP contribution in [-0.4, -0.2) is 56.8 Å². The van der Waals surface area contributed by atoms with E-state index in [-0.39, 0.29) is 0 Å². The van der Waals surface area contributed by atoms with Crippen molar-refractivity contribution in [2.24, 2.45) is 16.8 Å². The van der Waals surface area contributed by atoms with Gasteiger partial charge in [0.25, 0.3) is 0 Å². The van der Waals surface area contributed by atoms with E-state index in [1.165, 1.54) is 25.9 Å². The van der Waals surface area contributed by atoms with E-state index in [1.807, 2.05) is 0 Å². The highest BCUT2D eigenvalue weighted by Crippen LogP contribution is 2.27. The predicted molar refractivity (Wildman–Crippen MR) is 67.6 cm³/mol. The largest absolute Gasteiger partial charge is 0.383 e. The Morgan fingerprint density at radius 3 is 2.76 bits per heavy atom. The molecule has 1 unspecified atom stereocenters. The fraction of sp³-hybridized carbons (Fsp3) is 0.909. The van der Waals surface area contributed by atoms with E-state index in [0.717, 1.165) is 12.5 Å². The monoisotopic (exact) mass is 241 g/mol. The normalized spacial score (nSPS) is 32.6. The molecule has 2 bridgehead atoms. The van der Waals surface area contributed by atoms with Crippen molar-refractivity contribution in [1.82, 2.24) is 15.6 Å². The number of piperidine rings is 3. The van der Waals surface area contributed by atoms with Gasteiger partial charge >= 0.3 is 0 Å². The lowest BCUT2D eigenvalue weighted by Crippen LogP contribution is -2.59. The predicted octanol–water partition coefficient (Wildman–Crippen LogP) is -0.864. The number of nitrogens with one attached hydrogen (secondary N) is 2. The first-order valence-electron chi connectivity index (χ1n) is 6.32. The van der Waals surface area contributed by atoms with Gasteiger partial charge in [-0.3, -0.25) is 5.43 Å². The first kappa shape index (κ1) is 12.6. The number of guanidine groups is 1. The van der Waals surface area contributed by atoms with Crippen molar-refractivity contribution in [1.29, 1.82) is 0 Å². The maximum atomic E-state index is 5.47. The molecule has 0 radical (unpaired) electrons. The number of nitrogens with two attached hydrogens (primary N) is 1. The Balaban J connectivity index is 1.83. The zero-order valence-electron chi connectivity index (χ0n) is 10.5. The minimum absolute atomic E-state index is 0.481. The van der Waals surface area contributed by atoms with E-state index < -0.39 is 0 Å². The fourth-order valence-electron chi connectivity index (χ4n) is 2.69. The average molecular weight is 241 g/mol. The third-order valence-electron chi connectivity index (χ3n) is 3.68. The van der Waals surface area contributed by atoms with Gasteiger partial charge in [0.2, 0.25) is 5.96 Å². The Hall–Kier alpha value is -0.850. The SMILES string of the molecule is COCCN=C(NN)NC1CN2CCC1CC2. The number of rotatable bonds is 4. The Morgan fingerprint density at radius 2 is 2.24 bits per heavy atom. The molecule has 0 aliphatic carbocycles. The molecule has 0 spiro atoms. The maximum absolute atomic E-state index is 5.47. The van der Waals surface area contributed by atoms with Crippen LogP contribution in [0.3, 0.4) is 0 Å². The molecule has 6 heteroatoms. The van der Waals surface area contributed by atoms with Crippen molar-refractivity contribution >= 4 is 5.96 Å². The molecule has 0 saturated carbocycles. The summed E-state index contributed by atoms with van der Waals surface area (Å²) in [6.45, 7) is 4.84. The van der Waals surface area contributed by atoms with Gasteiger partial charge in [0.1, 0.15) is 0 Å². The fourth-order valence-corrected chi connectivity index (χ4v) is 2.69. The van der Waals surface area contributed by atoms with Gasteiger partial charge in [-0.25, -0.2) is 10.8 Å². The molecule has 3 fully saturated rings. The summed E-state index contributed by atoms with van der Waals surface area (Å²) in [6.07, 6.45) is 2.57. The molecule has 4 N–H and O–H groups in total. The van der Waals surface area contributed by atoms with Crippen molar-refractivity contribution < 1.29 is 4.74 Å². The van der Waals surface area contributed by atoms with Crippen molar-refractivity contribution in [3.8, 4) is 0 Å². The Kier molecular flexibility index (Phi) is 4.58. The van der Waals surface area contributed by atoms with E-state index >= 15 is 0 Å². The highest BCUT2D eigenvalue weighted by atomic mass is 16.5. The van der Waals surface area contributed by atoms with Crippen LogP contribution >= 0.6 is 0 Å². The zero-order valence-corrected chi connectivity index (χ0v) is 10.5. The van der Waals surface area contributed by atoms with Crippen molar-refractivity contribution in [2.45, 2.75) is 18.9 Å². The molecule has 3 aliphatic rings. The first-order valence-corrected chi connectivity index (χ1v) is 6.32. The molecule has 98 valence electrons. The molecule has 3 aliphatic heterocycles. The van der Waals surface area contributed by atoms with E-state index in [0.29, 0.717) is 25.2 Å². The summed E-state index contributed by atoms with van der Waals surface area (Å²) in [7, 11) is 1.67. The summed E-state index contributed by atoms with van der Waals surface area (Å²) in [5.41, 5.74) is 2.63. The molecule has 3 saturated heterocycles. The lowest BCUT2D eigenvalue weighted by atomic mass is 9.84. The summed E-state index contributed by atoms with van der Waals surface area (Å²) in [5.74, 6) is 6.92. The Bertz CT molecular complexity index is 263. The quantitative estimate of drug-likeness (QED) is 0.196. The first-order chi connectivity index (χ1) is 8.33. The van der Waals surface area contributed by atoms with E-state index in [9.17, 15) is 0 Å². The van der Waals surface area contributed by atoms with Crippen LogP contribution in [-0.2, 0) is 4.74 Å². The van der Waals surface area contributed by atoms with E-state index in [1.54, 1.807) is 7.11 Å². The molecule has 0 aromatic rings. The van der Waals surface area contributed by atoms with Gasteiger partial charge in [-0.05, 0) is 31.8 Å². The number of ether oxygens (including phenoxy) is 1. The minimum Gasteiger partial charge on any atom is -0.383 e. The number of methoxy groups -OCH3 is 1. The molecule has 1 atom stereocenters. The van der Waals surface area contributed by atoms with Crippen LogP contribution in [0.25, 0.3) is 0 Å². The van der Waals surface area contributed by atoms with Crippen molar-refractivity contribution in [2.75, 3.05) is 39.9 Å². The van der Waals surface area contributed by atoms with Gasteiger partial charge in [-0.1, -0.05) is 0 Å². The second-order valence-electron chi connectivity index (χ2n) is 4.76. The number of fused-ring (bicyclic) bond motifs is 3. The van der Waals surface area contributed by atoms with Gasteiger partial charge < -0.3 is 15.0 Å². The second-order valence-corrected chi connectivity index (χ2v) is 4.76. The summed E-state index contributed by atoms with van der Waals surface area (Å²) < 4.78 is 4.96. The zero-order chi connectivity index (χ0) is 12.1. The lowest BCUT2D eigenvalue weighted by Gasteiger charge is -2.45. The lowest BCUT2D eigenvalue weighted by molar-refractivity contribution is 0.0808. The van der Waals surface area contributed by atoms with E-state index in [4.69, 9.17) is 10.6 Å². The van der Waals surface area contributed by atoms with Crippen LogP contribution in [0, 0.1) is 5.92 Å². The van der Waals surface area contributed by atoms with E-state index in [2.05, 4.69) is 20.6 Å². The smallest absolute Gasteiger partial charge is 0.206 e. The van der Waals surface area contributed by atoms with Crippen LogP contribution in [0.1, 0.15) is 12.8 Å². The third-order valence-corrected chi connectivity index (χ3v) is 3.68. The van der Waals surface area contributed by atoms with Crippen LogP contribution in [0.15, 0.2) is 4.99 Å². The van der Waals surface area contributed by atoms with Crippen molar-refractivity contribution in [3.63, 3.8) is 0 Å². The molecule has 3 heterocycles. The average Bonchev–Trinajstić information content (AvgIpc) is 2.39. The van der Waals surface area contributed by atoms with Crippen LogP contribution < -0.4 is 16.6 Å². The second kappa shape index (κ2) is 6.18. The molecule has 17 heavy (non-hydrogen) atoms. The Labute approximate surface area is 103 Å². The van der Waals surface area contributed by atoms with Crippen molar-refractivity contribution in [3.05, 3.63) is 0 Å². The minimum atomic E-state index is 0.481. The number of hydrogen-bond acceptors (Lipinski definition) is 4.